The smallest absolute Gasteiger partial charge is 0.332 e. The highest BCUT2D eigenvalue weighted by molar-refractivity contribution is 7.18. The Morgan fingerprint density at radius 3 is 2.60 bits per heavy atom. The van der Waals surface area contributed by atoms with Crippen LogP contribution in [0.25, 0.3) is 10.2 Å². The van der Waals surface area contributed by atoms with Gasteiger partial charge < -0.3 is 9.84 Å². The number of nitrogens with zero attached hydrogens (tertiary/aromatic N) is 3. The summed E-state index contributed by atoms with van der Waals surface area (Å²) in [7, 11) is 1.57. The Morgan fingerprint density at radius 1 is 1.24 bits per heavy atom. The summed E-state index contributed by atoms with van der Waals surface area (Å²) in [5.74, 6) is 0. The molecular formula is C16H20N4O4S. The van der Waals surface area contributed by atoms with Crippen LogP contribution < -0.4 is 16.8 Å². The molecule has 0 aliphatic heterocycles. The van der Waals surface area contributed by atoms with Crippen molar-refractivity contribution in [1.82, 2.24) is 18.9 Å². The molecule has 0 bridgehead atoms. The average Bonchev–Trinajstić information content (AvgIpc) is 3.12. The molecule has 0 unspecified atom stereocenters. The lowest BCUT2D eigenvalue weighted by Gasteiger charge is -2.10. The predicted molar refractivity (Wildman–Crippen MR) is 96.8 cm³/mol. The van der Waals surface area contributed by atoms with Crippen LogP contribution in [0.2, 0.25) is 0 Å². The Labute approximate surface area is 146 Å². The summed E-state index contributed by atoms with van der Waals surface area (Å²) in [6.45, 7) is 5.01. The van der Waals surface area contributed by atoms with Crippen molar-refractivity contribution >= 4 is 21.6 Å². The second-order valence-corrected chi connectivity index (χ2v) is 6.78. The highest BCUT2D eigenvalue weighted by Crippen LogP contribution is 2.28. The van der Waals surface area contributed by atoms with E-state index in [2.05, 4.69) is 5.10 Å². The number of thiophene rings is 1. The maximum atomic E-state index is 12.8. The number of rotatable bonds is 6. The third-order valence-corrected chi connectivity index (χ3v) is 5.55. The van der Waals surface area contributed by atoms with Gasteiger partial charge in [-0.25, -0.2) is 9.48 Å². The van der Waals surface area contributed by atoms with Crippen LogP contribution in [0.3, 0.4) is 0 Å². The Hall–Kier alpha value is -2.39. The minimum absolute atomic E-state index is 0.139. The molecule has 0 atom stereocenters. The highest BCUT2D eigenvalue weighted by atomic mass is 32.1. The van der Waals surface area contributed by atoms with Crippen molar-refractivity contribution in [1.29, 1.82) is 0 Å². The molecule has 25 heavy (non-hydrogen) atoms. The maximum absolute atomic E-state index is 12.8. The van der Waals surface area contributed by atoms with Crippen molar-refractivity contribution in [3.05, 3.63) is 53.9 Å². The number of hydrogen-bond acceptors (Lipinski definition) is 5. The van der Waals surface area contributed by atoms with Crippen LogP contribution in [0.15, 0.2) is 26.6 Å². The van der Waals surface area contributed by atoms with Crippen LogP contribution in [-0.4, -0.2) is 32.6 Å². The largest absolute Gasteiger partial charge is 0.383 e. The molecule has 0 amide bonds. The van der Waals surface area contributed by atoms with Crippen LogP contribution in [0.5, 0.6) is 0 Å². The number of aryl methyl sites for hydroxylation is 1. The van der Waals surface area contributed by atoms with Crippen molar-refractivity contribution in [3.63, 3.8) is 0 Å². The number of aromatic amines is 1. The number of aromatic nitrogens is 4. The summed E-state index contributed by atoms with van der Waals surface area (Å²) in [6.07, 6.45) is 1.57. The Balaban J connectivity index is 2.26. The van der Waals surface area contributed by atoms with E-state index in [1.165, 1.54) is 26.7 Å². The fraction of sp³-hybridized carbons (Fsp3) is 0.438. The molecule has 0 saturated heterocycles. The molecule has 0 aromatic carbocycles. The predicted octanol–water partition coefficient (Wildman–Crippen LogP) is 0.738. The van der Waals surface area contributed by atoms with Crippen molar-refractivity contribution in [2.75, 3.05) is 13.7 Å². The molecule has 0 fully saturated rings. The van der Waals surface area contributed by atoms with Crippen LogP contribution in [0.1, 0.15) is 17.4 Å². The summed E-state index contributed by atoms with van der Waals surface area (Å²) in [5.41, 5.74) is 0.0522. The summed E-state index contributed by atoms with van der Waals surface area (Å²) < 4.78 is 9.39. The van der Waals surface area contributed by atoms with E-state index in [1.54, 1.807) is 24.8 Å². The number of hydrogen-bond donors (Lipinski definition) is 1. The van der Waals surface area contributed by atoms with Gasteiger partial charge in [0.05, 0.1) is 25.1 Å². The van der Waals surface area contributed by atoms with Crippen LogP contribution in [-0.2, 0) is 24.4 Å². The zero-order chi connectivity index (χ0) is 18.1. The van der Waals surface area contributed by atoms with Gasteiger partial charge in [0, 0.05) is 30.8 Å². The molecule has 8 nitrogen and oxygen atoms in total. The molecule has 3 heterocycles. The lowest BCUT2D eigenvalue weighted by atomic mass is 10.2. The van der Waals surface area contributed by atoms with Gasteiger partial charge in [0.1, 0.15) is 4.83 Å². The standard InChI is InChI=1S/C16H20N4O4S/c1-4-18-14(22)13-10(2)11(9-20-12(21)5-6-17-20)25-15(13)19(16(18)23)7-8-24-3/h5-6,17H,4,7-9H2,1-3H3. The van der Waals surface area contributed by atoms with Gasteiger partial charge in [-0.05, 0) is 19.4 Å². The van der Waals surface area contributed by atoms with Gasteiger partial charge in [-0.3, -0.25) is 18.7 Å². The fourth-order valence-electron chi connectivity index (χ4n) is 2.87. The van der Waals surface area contributed by atoms with Gasteiger partial charge in [-0.2, -0.15) is 0 Å². The summed E-state index contributed by atoms with van der Waals surface area (Å²) in [5, 5.41) is 3.40. The van der Waals surface area contributed by atoms with E-state index in [1.807, 2.05) is 6.92 Å². The number of nitrogens with one attached hydrogen (secondary N) is 1. The van der Waals surface area contributed by atoms with E-state index in [4.69, 9.17) is 4.74 Å². The SMILES string of the molecule is CCn1c(=O)c2c(C)c(Cn3[nH]ccc3=O)sc2n(CCOC)c1=O. The zero-order valence-electron chi connectivity index (χ0n) is 14.4. The van der Waals surface area contributed by atoms with Gasteiger partial charge in [0.15, 0.2) is 0 Å². The third-order valence-electron chi connectivity index (χ3n) is 4.25. The number of ether oxygens (including phenoxy) is 1. The van der Waals surface area contributed by atoms with E-state index in [0.717, 1.165) is 10.4 Å². The minimum atomic E-state index is -0.332. The molecular weight excluding hydrogens is 344 g/mol. The molecule has 0 aliphatic carbocycles. The monoisotopic (exact) mass is 364 g/mol. The molecule has 0 radical (unpaired) electrons. The number of methoxy groups -OCH3 is 1. The van der Waals surface area contributed by atoms with E-state index >= 15 is 0 Å². The molecule has 3 aromatic heterocycles. The lowest BCUT2D eigenvalue weighted by molar-refractivity contribution is 0.186. The van der Waals surface area contributed by atoms with Gasteiger partial charge in [0.2, 0.25) is 0 Å². The summed E-state index contributed by atoms with van der Waals surface area (Å²) >= 11 is 1.37. The van der Waals surface area contributed by atoms with Crippen molar-refractivity contribution in [2.24, 2.45) is 0 Å². The average molecular weight is 364 g/mol. The van der Waals surface area contributed by atoms with Gasteiger partial charge in [0.25, 0.3) is 11.1 Å². The van der Waals surface area contributed by atoms with Crippen molar-refractivity contribution in [3.8, 4) is 0 Å². The molecule has 0 saturated carbocycles. The molecule has 0 aliphatic rings. The molecule has 1 N–H and O–H groups in total. The van der Waals surface area contributed by atoms with Crippen LogP contribution in [0.4, 0.5) is 0 Å². The fourth-order valence-corrected chi connectivity index (χ4v) is 4.17. The van der Waals surface area contributed by atoms with E-state index < -0.39 is 0 Å². The molecule has 9 heteroatoms. The van der Waals surface area contributed by atoms with E-state index in [9.17, 15) is 14.4 Å². The summed E-state index contributed by atoms with van der Waals surface area (Å²) in [6, 6.07) is 1.45. The maximum Gasteiger partial charge on any atom is 0.332 e. The highest BCUT2D eigenvalue weighted by Gasteiger charge is 2.19. The molecule has 3 aromatic rings. The second-order valence-electron chi connectivity index (χ2n) is 5.69. The molecule has 3 rings (SSSR count). The summed E-state index contributed by atoms with van der Waals surface area (Å²) in [4.78, 5) is 38.7. The quantitative estimate of drug-likeness (QED) is 0.698. The normalized spacial score (nSPS) is 11.5. The topological polar surface area (TPSA) is 91.0 Å². The zero-order valence-corrected chi connectivity index (χ0v) is 15.2. The second kappa shape index (κ2) is 6.85. The Morgan fingerprint density at radius 2 is 2.00 bits per heavy atom. The van der Waals surface area contributed by atoms with Crippen molar-refractivity contribution in [2.45, 2.75) is 33.5 Å². The Kier molecular flexibility index (Phi) is 4.78. The van der Waals surface area contributed by atoms with Gasteiger partial charge in [-0.15, -0.1) is 11.3 Å². The van der Waals surface area contributed by atoms with E-state index in [-0.39, 0.29) is 16.8 Å². The van der Waals surface area contributed by atoms with Crippen LogP contribution in [0, 0.1) is 6.92 Å². The van der Waals surface area contributed by atoms with Gasteiger partial charge in [-0.1, -0.05) is 0 Å². The third kappa shape index (κ3) is 2.89. The lowest BCUT2D eigenvalue weighted by Crippen LogP contribution is -2.39. The van der Waals surface area contributed by atoms with Gasteiger partial charge >= 0.3 is 5.69 Å². The number of fused-ring (bicyclic) bond motifs is 1. The van der Waals surface area contributed by atoms with E-state index in [0.29, 0.717) is 36.5 Å². The first kappa shape index (κ1) is 17.4. The molecule has 134 valence electrons. The first-order valence-electron chi connectivity index (χ1n) is 7.98. The first-order valence-corrected chi connectivity index (χ1v) is 8.80. The van der Waals surface area contributed by atoms with Crippen LogP contribution >= 0.6 is 11.3 Å². The first-order chi connectivity index (χ1) is 12.0. The molecule has 0 spiro atoms. The Bertz CT molecular complexity index is 1080. The number of H-pyrrole nitrogens is 1. The van der Waals surface area contributed by atoms with Crippen molar-refractivity contribution < 1.29 is 4.74 Å². The minimum Gasteiger partial charge on any atom is -0.383 e.